The standard InChI is InChI=1S/C21H20ClN3O/c1-23(2)13-25-20-11-15(22)8-9-17(20)18(21(25)26)10-14-12-24(3)19-7-5-4-6-16(14)19/h4-12H,13H2,1-3H3. The Morgan fingerprint density at radius 3 is 2.69 bits per heavy atom. The van der Waals surface area contributed by atoms with Crippen molar-refractivity contribution in [2.24, 2.45) is 7.05 Å². The van der Waals surface area contributed by atoms with Crippen LogP contribution in [0, 0.1) is 0 Å². The lowest BCUT2D eigenvalue weighted by atomic mass is 10.0. The highest BCUT2D eigenvalue weighted by atomic mass is 35.5. The van der Waals surface area contributed by atoms with Crippen LogP contribution < -0.4 is 4.90 Å². The van der Waals surface area contributed by atoms with Crippen molar-refractivity contribution in [1.29, 1.82) is 0 Å². The number of amides is 1. The van der Waals surface area contributed by atoms with E-state index in [1.807, 2.05) is 62.5 Å². The molecule has 0 N–H and O–H groups in total. The Kier molecular flexibility index (Phi) is 4.10. The lowest BCUT2D eigenvalue weighted by molar-refractivity contribution is -0.113. The molecule has 1 aromatic heterocycles. The topological polar surface area (TPSA) is 28.5 Å². The zero-order valence-corrected chi connectivity index (χ0v) is 15.8. The summed E-state index contributed by atoms with van der Waals surface area (Å²) in [6, 6.07) is 13.8. The molecule has 0 radical (unpaired) electrons. The van der Waals surface area contributed by atoms with Crippen LogP contribution in [-0.2, 0) is 11.8 Å². The SMILES string of the molecule is CN(C)CN1C(=O)C(=Cc2cn(C)c3ccccc23)c2ccc(Cl)cc21. The summed E-state index contributed by atoms with van der Waals surface area (Å²) in [5, 5.41) is 1.77. The molecule has 0 unspecified atom stereocenters. The van der Waals surface area contributed by atoms with Crippen molar-refractivity contribution in [3.05, 3.63) is 64.8 Å². The van der Waals surface area contributed by atoms with Crippen molar-refractivity contribution >= 4 is 45.7 Å². The van der Waals surface area contributed by atoms with Gasteiger partial charge in [-0.3, -0.25) is 14.6 Å². The maximum absolute atomic E-state index is 13.1. The molecule has 0 aliphatic carbocycles. The van der Waals surface area contributed by atoms with E-state index in [0.29, 0.717) is 17.3 Å². The third-order valence-electron chi connectivity index (χ3n) is 4.67. The van der Waals surface area contributed by atoms with Crippen LogP contribution in [-0.4, -0.2) is 36.1 Å². The second-order valence-corrected chi connectivity index (χ2v) is 7.32. The van der Waals surface area contributed by atoms with Gasteiger partial charge in [-0.15, -0.1) is 0 Å². The first kappa shape index (κ1) is 16.9. The highest BCUT2D eigenvalue weighted by Gasteiger charge is 2.32. The summed E-state index contributed by atoms with van der Waals surface area (Å²) in [4.78, 5) is 16.9. The van der Waals surface area contributed by atoms with Gasteiger partial charge < -0.3 is 4.57 Å². The second kappa shape index (κ2) is 6.31. The maximum Gasteiger partial charge on any atom is 0.260 e. The number of aryl methyl sites for hydroxylation is 1. The molecule has 132 valence electrons. The number of hydrogen-bond donors (Lipinski definition) is 0. The molecule has 0 spiro atoms. The largest absolute Gasteiger partial charge is 0.350 e. The summed E-state index contributed by atoms with van der Waals surface area (Å²) in [5.41, 5.74) is 4.68. The van der Waals surface area contributed by atoms with Gasteiger partial charge in [-0.05, 0) is 38.4 Å². The number of fused-ring (bicyclic) bond motifs is 2. The molecule has 1 aliphatic heterocycles. The third-order valence-corrected chi connectivity index (χ3v) is 4.90. The molecule has 0 saturated heterocycles. The average molecular weight is 366 g/mol. The molecule has 1 aliphatic rings. The molecule has 0 saturated carbocycles. The highest BCUT2D eigenvalue weighted by Crippen LogP contribution is 2.40. The summed E-state index contributed by atoms with van der Waals surface area (Å²) in [5.74, 6) is 0.00361. The molecular formula is C21H20ClN3O. The Hall–Kier alpha value is -2.56. The maximum atomic E-state index is 13.1. The number of anilines is 1. The summed E-state index contributed by atoms with van der Waals surface area (Å²) in [6.45, 7) is 0.513. The van der Waals surface area contributed by atoms with E-state index >= 15 is 0 Å². The summed E-state index contributed by atoms with van der Waals surface area (Å²) < 4.78 is 2.08. The van der Waals surface area contributed by atoms with Crippen molar-refractivity contribution < 1.29 is 4.79 Å². The smallest absolute Gasteiger partial charge is 0.260 e. The van der Waals surface area contributed by atoms with Crippen molar-refractivity contribution in [2.75, 3.05) is 25.7 Å². The third kappa shape index (κ3) is 2.71. The molecule has 4 rings (SSSR count). The van der Waals surface area contributed by atoms with Crippen LogP contribution in [0.2, 0.25) is 5.02 Å². The van der Waals surface area contributed by atoms with E-state index in [-0.39, 0.29) is 5.91 Å². The fraction of sp³-hybridized carbons (Fsp3) is 0.190. The Labute approximate surface area is 157 Å². The van der Waals surface area contributed by atoms with E-state index in [9.17, 15) is 4.79 Å². The van der Waals surface area contributed by atoms with Gasteiger partial charge in [-0.1, -0.05) is 35.9 Å². The predicted octanol–water partition coefficient (Wildman–Crippen LogP) is 4.24. The van der Waals surface area contributed by atoms with E-state index in [0.717, 1.165) is 27.7 Å². The van der Waals surface area contributed by atoms with Gasteiger partial charge in [-0.25, -0.2) is 0 Å². The van der Waals surface area contributed by atoms with Gasteiger partial charge in [0, 0.05) is 45.9 Å². The minimum atomic E-state index is 0.00361. The van der Waals surface area contributed by atoms with E-state index in [1.54, 1.807) is 4.90 Å². The lowest BCUT2D eigenvalue weighted by Crippen LogP contribution is -2.35. The molecule has 4 nitrogen and oxygen atoms in total. The number of rotatable bonds is 3. The first-order valence-electron chi connectivity index (χ1n) is 8.48. The Bertz CT molecular complexity index is 1050. The number of nitrogens with zero attached hydrogens (tertiary/aromatic N) is 3. The molecule has 5 heteroatoms. The summed E-state index contributed by atoms with van der Waals surface area (Å²) in [6.07, 6.45) is 4.06. The second-order valence-electron chi connectivity index (χ2n) is 6.89. The molecule has 26 heavy (non-hydrogen) atoms. The fourth-order valence-electron chi connectivity index (χ4n) is 3.53. The molecule has 2 heterocycles. The predicted molar refractivity (Wildman–Crippen MR) is 108 cm³/mol. The van der Waals surface area contributed by atoms with Crippen LogP contribution in [0.3, 0.4) is 0 Å². The fourth-order valence-corrected chi connectivity index (χ4v) is 3.70. The molecule has 3 aromatic rings. The number of hydrogen-bond acceptors (Lipinski definition) is 2. The Balaban J connectivity index is 1.88. The number of aromatic nitrogens is 1. The number of carbonyl (C=O) groups is 1. The van der Waals surface area contributed by atoms with E-state index in [4.69, 9.17) is 11.6 Å². The quantitative estimate of drug-likeness (QED) is 0.649. The average Bonchev–Trinajstić information content (AvgIpc) is 3.05. The van der Waals surface area contributed by atoms with Crippen LogP contribution in [0.1, 0.15) is 11.1 Å². The zero-order chi connectivity index (χ0) is 18.4. The first-order chi connectivity index (χ1) is 12.5. The number of carbonyl (C=O) groups excluding carboxylic acids is 1. The van der Waals surface area contributed by atoms with E-state index in [2.05, 4.69) is 22.9 Å². The van der Waals surface area contributed by atoms with Gasteiger partial charge in [0.1, 0.15) is 0 Å². The Morgan fingerprint density at radius 2 is 1.92 bits per heavy atom. The number of para-hydroxylation sites is 1. The van der Waals surface area contributed by atoms with Gasteiger partial charge in [0.25, 0.3) is 5.91 Å². The van der Waals surface area contributed by atoms with E-state index < -0.39 is 0 Å². The van der Waals surface area contributed by atoms with Crippen LogP contribution in [0.4, 0.5) is 5.69 Å². The van der Waals surface area contributed by atoms with Gasteiger partial charge in [0.2, 0.25) is 0 Å². The highest BCUT2D eigenvalue weighted by molar-refractivity contribution is 6.37. The van der Waals surface area contributed by atoms with Crippen LogP contribution in [0.25, 0.3) is 22.6 Å². The molecule has 0 atom stereocenters. The number of benzene rings is 2. The van der Waals surface area contributed by atoms with Crippen molar-refractivity contribution in [3.8, 4) is 0 Å². The minimum Gasteiger partial charge on any atom is -0.350 e. The van der Waals surface area contributed by atoms with Crippen LogP contribution >= 0.6 is 11.6 Å². The van der Waals surface area contributed by atoms with Gasteiger partial charge in [0.05, 0.1) is 12.4 Å². The molecular weight excluding hydrogens is 346 g/mol. The Morgan fingerprint density at radius 1 is 1.15 bits per heavy atom. The first-order valence-corrected chi connectivity index (χ1v) is 8.86. The van der Waals surface area contributed by atoms with Crippen molar-refractivity contribution in [3.63, 3.8) is 0 Å². The zero-order valence-electron chi connectivity index (χ0n) is 15.0. The molecule has 2 aromatic carbocycles. The van der Waals surface area contributed by atoms with Gasteiger partial charge >= 0.3 is 0 Å². The molecule has 0 fully saturated rings. The monoisotopic (exact) mass is 365 g/mol. The van der Waals surface area contributed by atoms with Crippen LogP contribution in [0.15, 0.2) is 48.7 Å². The van der Waals surface area contributed by atoms with Gasteiger partial charge in [0.15, 0.2) is 0 Å². The van der Waals surface area contributed by atoms with E-state index in [1.165, 1.54) is 0 Å². The van der Waals surface area contributed by atoms with Gasteiger partial charge in [-0.2, -0.15) is 0 Å². The summed E-state index contributed by atoms with van der Waals surface area (Å²) >= 11 is 6.19. The molecule has 0 bridgehead atoms. The van der Waals surface area contributed by atoms with Crippen molar-refractivity contribution in [2.45, 2.75) is 0 Å². The normalized spacial score (nSPS) is 15.5. The van der Waals surface area contributed by atoms with Crippen LogP contribution in [0.5, 0.6) is 0 Å². The lowest BCUT2D eigenvalue weighted by Gasteiger charge is -2.21. The van der Waals surface area contributed by atoms with Crippen molar-refractivity contribution in [1.82, 2.24) is 9.47 Å². The summed E-state index contributed by atoms with van der Waals surface area (Å²) in [7, 11) is 5.92. The minimum absolute atomic E-state index is 0.00361. The number of halogens is 1. The molecule has 1 amide bonds.